The van der Waals surface area contributed by atoms with Crippen molar-refractivity contribution < 1.29 is 28.8 Å². The highest BCUT2D eigenvalue weighted by molar-refractivity contribution is 7.32. The maximum Gasteiger partial charge on any atom is 0.747 e. The fourth-order valence-corrected chi connectivity index (χ4v) is 2.20. The Hall–Kier alpha value is -2.83. The number of hydrogen-bond acceptors (Lipinski definition) is 6. The maximum atomic E-state index is 12.4. The minimum Gasteiger partial charge on any atom is -0.499 e. The van der Waals surface area contributed by atoms with Crippen LogP contribution in [0.25, 0.3) is 0 Å². The maximum absolute atomic E-state index is 12.4. The highest BCUT2D eigenvalue weighted by Crippen LogP contribution is 2.40. The van der Waals surface area contributed by atoms with E-state index in [1.165, 1.54) is 0 Å². The van der Waals surface area contributed by atoms with Gasteiger partial charge in [0, 0.05) is 27.8 Å². The molecule has 0 fully saturated rings. The number of carbonyl (C=O) groups is 1. The molecule has 2 aromatic carbocycles. The van der Waals surface area contributed by atoms with Crippen molar-refractivity contribution in [2.24, 2.45) is 0 Å². The summed E-state index contributed by atoms with van der Waals surface area (Å²) in [5.41, 5.74) is 0.259. The molecule has 0 saturated heterocycles. The largest absolute Gasteiger partial charge is 0.747 e. The molecule has 0 heterocycles. The summed E-state index contributed by atoms with van der Waals surface area (Å²) in [6.45, 7) is 1.84. The summed E-state index contributed by atoms with van der Waals surface area (Å²) in [5.74, 6) is -2.09. The van der Waals surface area contributed by atoms with E-state index in [2.05, 4.69) is 4.52 Å². The van der Waals surface area contributed by atoms with Gasteiger partial charge in [0.2, 0.25) is 11.5 Å². The zero-order chi connectivity index (χ0) is 17.1. The number of phenols is 1. The van der Waals surface area contributed by atoms with Crippen LogP contribution in [0.4, 0.5) is 5.69 Å². The lowest BCUT2D eigenvalue weighted by Gasteiger charge is -2.05. The number of aryl methyl sites for hydroxylation is 1. The SMILES string of the molecule is Cc1ccc(C(=O)c2cc(O[P+](=O)O)c(O)c([N+](=O)[O-])c2)cc1. The zero-order valence-electron chi connectivity index (χ0n) is 11.8. The Morgan fingerprint density at radius 3 is 2.35 bits per heavy atom. The Labute approximate surface area is 131 Å². The van der Waals surface area contributed by atoms with Crippen molar-refractivity contribution in [3.63, 3.8) is 0 Å². The molecule has 23 heavy (non-hydrogen) atoms. The van der Waals surface area contributed by atoms with Crippen LogP contribution in [0.1, 0.15) is 21.5 Å². The number of nitrogens with zero attached hydrogens (tertiary/aromatic N) is 1. The summed E-state index contributed by atoms with van der Waals surface area (Å²) in [5, 5.41) is 20.7. The molecule has 2 aromatic rings. The van der Waals surface area contributed by atoms with E-state index in [0.717, 1.165) is 17.7 Å². The number of carbonyl (C=O) groups excluding carboxylic acids is 1. The van der Waals surface area contributed by atoms with E-state index in [1.54, 1.807) is 24.3 Å². The Balaban J connectivity index is 2.55. The van der Waals surface area contributed by atoms with Crippen LogP contribution in [0.3, 0.4) is 0 Å². The van der Waals surface area contributed by atoms with Crippen LogP contribution in [0.15, 0.2) is 36.4 Å². The molecule has 1 atom stereocenters. The average molecular weight is 336 g/mol. The molecule has 0 aliphatic carbocycles. The normalized spacial score (nSPS) is 11.0. The van der Waals surface area contributed by atoms with Gasteiger partial charge >= 0.3 is 13.9 Å². The van der Waals surface area contributed by atoms with Gasteiger partial charge < -0.3 is 5.11 Å². The molecule has 0 amide bonds. The molecular formula is C14H11NO7P+. The van der Waals surface area contributed by atoms with Crippen molar-refractivity contribution in [3.05, 3.63) is 63.2 Å². The van der Waals surface area contributed by atoms with E-state index in [1.807, 2.05) is 6.92 Å². The van der Waals surface area contributed by atoms with Gasteiger partial charge in [-0.15, -0.1) is 4.89 Å². The number of aromatic hydroxyl groups is 1. The Bertz CT molecular complexity index is 802. The van der Waals surface area contributed by atoms with E-state index >= 15 is 0 Å². The van der Waals surface area contributed by atoms with Crippen LogP contribution < -0.4 is 4.52 Å². The second kappa shape index (κ2) is 6.51. The average Bonchev–Trinajstić information content (AvgIpc) is 2.48. The summed E-state index contributed by atoms with van der Waals surface area (Å²) in [6.07, 6.45) is 0. The Morgan fingerprint density at radius 2 is 1.83 bits per heavy atom. The number of benzene rings is 2. The second-order valence-corrected chi connectivity index (χ2v) is 5.28. The van der Waals surface area contributed by atoms with Gasteiger partial charge in [-0.3, -0.25) is 14.9 Å². The lowest BCUT2D eigenvalue weighted by atomic mass is 10.0. The van der Waals surface area contributed by atoms with Gasteiger partial charge in [-0.2, -0.15) is 0 Å². The molecule has 1 unspecified atom stereocenters. The molecular weight excluding hydrogens is 325 g/mol. The van der Waals surface area contributed by atoms with E-state index < -0.39 is 36.1 Å². The lowest BCUT2D eigenvalue weighted by molar-refractivity contribution is -0.385. The first-order chi connectivity index (χ1) is 10.8. The third-order valence-corrected chi connectivity index (χ3v) is 3.36. The molecule has 0 aliphatic heterocycles. The van der Waals surface area contributed by atoms with Gasteiger partial charge in [0.15, 0.2) is 5.78 Å². The molecule has 0 aliphatic rings. The van der Waals surface area contributed by atoms with Crippen LogP contribution in [0, 0.1) is 17.0 Å². The van der Waals surface area contributed by atoms with Gasteiger partial charge in [-0.25, -0.2) is 4.52 Å². The molecule has 0 aromatic heterocycles. The number of rotatable bonds is 5. The summed E-state index contributed by atoms with van der Waals surface area (Å²) >= 11 is 0. The predicted molar refractivity (Wildman–Crippen MR) is 79.8 cm³/mol. The monoisotopic (exact) mass is 336 g/mol. The first kappa shape index (κ1) is 16.5. The number of nitro benzene ring substituents is 1. The van der Waals surface area contributed by atoms with Crippen LogP contribution in [-0.4, -0.2) is 20.7 Å². The van der Waals surface area contributed by atoms with Crippen molar-refractivity contribution in [2.45, 2.75) is 6.92 Å². The van der Waals surface area contributed by atoms with E-state index in [-0.39, 0.29) is 11.1 Å². The lowest BCUT2D eigenvalue weighted by Crippen LogP contribution is -2.03. The molecule has 0 radical (unpaired) electrons. The van der Waals surface area contributed by atoms with E-state index in [0.29, 0.717) is 0 Å². The molecule has 0 spiro atoms. The van der Waals surface area contributed by atoms with Crippen LogP contribution in [-0.2, 0) is 4.57 Å². The Kier molecular flexibility index (Phi) is 4.68. The molecule has 8 nitrogen and oxygen atoms in total. The van der Waals surface area contributed by atoms with Crippen LogP contribution in [0.2, 0.25) is 0 Å². The van der Waals surface area contributed by atoms with Gasteiger partial charge in [0.05, 0.1) is 4.92 Å². The second-order valence-electron chi connectivity index (χ2n) is 4.62. The molecule has 118 valence electrons. The number of ketones is 1. The summed E-state index contributed by atoms with van der Waals surface area (Å²) in [6, 6.07) is 8.35. The van der Waals surface area contributed by atoms with Crippen LogP contribution >= 0.6 is 8.25 Å². The summed E-state index contributed by atoms with van der Waals surface area (Å²) in [7, 11) is -3.16. The molecule has 2 rings (SSSR count). The molecule has 0 bridgehead atoms. The summed E-state index contributed by atoms with van der Waals surface area (Å²) < 4.78 is 15.2. The van der Waals surface area contributed by atoms with Crippen molar-refractivity contribution >= 4 is 19.7 Å². The minimum atomic E-state index is -3.16. The van der Waals surface area contributed by atoms with Crippen molar-refractivity contribution in [1.29, 1.82) is 0 Å². The summed E-state index contributed by atoms with van der Waals surface area (Å²) in [4.78, 5) is 31.2. The fraction of sp³-hybridized carbons (Fsp3) is 0.0714. The first-order valence-corrected chi connectivity index (χ1v) is 7.39. The Morgan fingerprint density at radius 1 is 1.22 bits per heavy atom. The number of hydrogen-bond donors (Lipinski definition) is 2. The van der Waals surface area contributed by atoms with E-state index in [9.17, 15) is 24.6 Å². The van der Waals surface area contributed by atoms with Gasteiger partial charge in [0.25, 0.3) is 0 Å². The van der Waals surface area contributed by atoms with Gasteiger partial charge in [0.1, 0.15) is 0 Å². The smallest absolute Gasteiger partial charge is 0.499 e. The van der Waals surface area contributed by atoms with Crippen molar-refractivity contribution in [2.75, 3.05) is 0 Å². The van der Waals surface area contributed by atoms with Crippen molar-refractivity contribution in [3.8, 4) is 11.5 Å². The zero-order valence-corrected chi connectivity index (χ0v) is 12.7. The third kappa shape index (κ3) is 3.68. The standard InChI is InChI=1S/C14H10NO7P/c1-8-2-4-9(5-3-8)13(16)10-6-11(15(18)19)14(17)12(7-10)22-23(20)21/h2-7H,1H3,(H-,16,17,20,21)/p+1. The minimum absolute atomic E-state index is 0.148. The number of nitro groups is 1. The highest BCUT2D eigenvalue weighted by Gasteiger charge is 2.28. The highest BCUT2D eigenvalue weighted by atomic mass is 31.1. The van der Waals surface area contributed by atoms with E-state index in [4.69, 9.17) is 4.89 Å². The van der Waals surface area contributed by atoms with Crippen molar-refractivity contribution in [1.82, 2.24) is 0 Å². The molecule has 9 heteroatoms. The van der Waals surface area contributed by atoms with Gasteiger partial charge in [-0.1, -0.05) is 29.8 Å². The first-order valence-electron chi connectivity index (χ1n) is 6.26. The fourth-order valence-electron chi connectivity index (χ4n) is 1.89. The number of phenolic OH excluding ortho intramolecular Hbond substituents is 1. The van der Waals surface area contributed by atoms with Crippen LogP contribution in [0.5, 0.6) is 11.5 Å². The third-order valence-electron chi connectivity index (χ3n) is 3.00. The topological polar surface area (TPSA) is 127 Å². The molecule has 0 saturated carbocycles. The quantitative estimate of drug-likeness (QED) is 0.372. The van der Waals surface area contributed by atoms with Gasteiger partial charge in [-0.05, 0) is 6.92 Å². The predicted octanol–water partition coefficient (Wildman–Crippen LogP) is 2.87. The molecule has 2 N–H and O–H groups in total.